The van der Waals surface area contributed by atoms with Crippen LogP contribution in [0.25, 0.3) is 0 Å². The molecule has 0 unspecified atom stereocenters. The molecule has 1 heterocycles. The predicted octanol–water partition coefficient (Wildman–Crippen LogP) is 1.23. The molecule has 0 radical (unpaired) electrons. The van der Waals surface area contributed by atoms with Crippen LogP contribution in [0.2, 0.25) is 0 Å². The Balaban J connectivity index is 1.83. The summed E-state index contributed by atoms with van der Waals surface area (Å²) >= 11 is 0. The topological polar surface area (TPSA) is 43.8 Å². The van der Waals surface area contributed by atoms with Crippen molar-refractivity contribution in [3.8, 4) is 0 Å². The molecule has 4 heteroatoms. The van der Waals surface area contributed by atoms with E-state index in [1.54, 1.807) is 0 Å². The first-order valence-corrected chi connectivity index (χ1v) is 6.91. The summed E-state index contributed by atoms with van der Waals surface area (Å²) in [5.74, 6) is 0.256. The van der Waals surface area contributed by atoms with Crippen molar-refractivity contribution < 1.29 is 9.90 Å². The van der Waals surface area contributed by atoms with Crippen molar-refractivity contribution in [2.75, 3.05) is 26.2 Å². The van der Waals surface area contributed by atoms with E-state index in [-0.39, 0.29) is 12.5 Å². The Labute approximate surface area is 114 Å². The number of hydrogen-bond acceptors (Lipinski definition) is 3. The highest BCUT2D eigenvalue weighted by Crippen LogP contribution is 2.10. The van der Waals surface area contributed by atoms with Crippen LogP contribution in [0.1, 0.15) is 24.5 Å². The SMILES string of the molecule is CCC(=O)N1CCN(Cc2ccc(CO)cc2)CC1. The fourth-order valence-electron chi connectivity index (χ4n) is 2.39. The molecular formula is C15H22N2O2. The van der Waals surface area contributed by atoms with E-state index < -0.39 is 0 Å². The maximum Gasteiger partial charge on any atom is 0.222 e. The minimum atomic E-state index is 0.0953. The number of carbonyl (C=O) groups is 1. The number of benzene rings is 1. The molecule has 19 heavy (non-hydrogen) atoms. The molecule has 1 aliphatic rings. The zero-order chi connectivity index (χ0) is 13.7. The van der Waals surface area contributed by atoms with Crippen molar-refractivity contribution in [3.63, 3.8) is 0 Å². The summed E-state index contributed by atoms with van der Waals surface area (Å²) in [6, 6.07) is 8.06. The molecule has 2 rings (SSSR count). The van der Waals surface area contributed by atoms with E-state index >= 15 is 0 Å². The lowest BCUT2D eigenvalue weighted by molar-refractivity contribution is -0.132. The van der Waals surface area contributed by atoms with E-state index in [1.165, 1.54) is 5.56 Å². The highest BCUT2D eigenvalue weighted by molar-refractivity contribution is 5.75. The van der Waals surface area contributed by atoms with Gasteiger partial charge in [0.15, 0.2) is 0 Å². The van der Waals surface area contributed by atoms with Gasteiger partial charge in [0.25, 0.3) is 0 Å². The van der Waals surface area contributed by atoms with Gasteiger partial charge >= 0.3 is 0 Å². The molecule has 0 atom stereocenters. The molecule has 0 bridgehead atoms. The highest BCUT2D eigenvalue weighted by atomic mass is 16.3. The fourth-order valence-corrected chi connectivity index (χ4v) is 2.39. The Morgan fingerprint density at radius 3 is 2.21 bits per heavy atom. The van der Waals surface area contributed by atoms with Crippen LogP contribution < -0.4 is 0 Å². The van der Waals surface area contributed by atoms with Gasteiger partial charge < -0.3 is 10.0 Å². The van der Waals surface area contributed by atoms with Gasteiger partial charge in [-0.15, -0.1) is 0 Å². The first-order valence-electron chi connectivity index (χ1n) is 6.91. The van der Waals surface area contributed by atoms with Crippen LogP contribution in [0.5, 0.6) is 0 Å². The molecule has 1 amide bonds. The normalized spacial score (nSPS) is 16.6. The Bertz CT molecular complexity index is 409. The van der Waals surface area contributed by atoms with Crippen molar-refractivity contribution in [1.82, 2.24) is 9.80 Å². The molecule has 4 nitrogen and oxygen atoms in total. The first kappa shape index (κ1) is 14.0. The molecular weight excluding hydrogens is 240 g/mol. The number of hydrogen-bond donors (Lipinski definition) is 1. The van der Waals surface area contributed by atoms with Crippen LogP contribution in [0, 0.1) is 0 Å². The van der Waals surface area contributed by atoms with Gasteiger partial charge in [-0.2, -0.15) is 0 Å². The minimum Gasteiger partial charge on any atom is -0.392 e. The summed E-state index contributed by atoms with van der Waals surface area (Å²) in [6.45, 7) is 6.47. The number of carbonyl (C=O) groups excluding carboxylic acids is 1. The number of piperazine rings is 1. The van der Waals surface area contributed by atoms with E-state index in [0.717, 1.165) is 38.3 Å². The van der Waals surface area contributed by atoms with E-state index in [9.17, 15) is 4.79 Å². The third-order valence-corrected chi connectivity index (χ3v) is 3.64. The maximum absolute atomic E-state index is 11.6. The lowest BCUT2D eigenvalue weighted by Crippen LogP contribution is -2.48. The fraction of sp³-hybridized carbons (Fsp3) is 0.533. The molecule has 0 saturated carbocycles. The summed E-state index contributed by atoms with van der Waals surface area (Å²) in [4.78, 5) is 15.9. The van der Waals surface area contributed by atoms with Crippen LogP contribution in [0.4, 0.5) is 0 Å². The summed E-state index contributed by atoms with van der Waals surface area (Å²) in [6.07, 6.45) is 0.600. The van der Waals surface area contributed by atoms with Crippen LogP contribution in [0.3, 0.4) is 0 Å². The van der Waals surface area contributed by atoms with E-state index in [0.29, 0.717) is 6.42 Å². The van der Waals surface area contributed by atoms with Crippen molar-refractivity contribution in [2.45, 2.75) is 26.5 Å². The van der Waals surface area contributed by atoms with E-state index in [1.807, 2.05) is 24.0 Å². The smallest absolute Gasteiger partial charge is 0.222 e. The zero-order valence-corrected chi connectivity index (χ0v) is 11.5. The summed E-state index contributed by atoms with van der Waals surface area (Å²) in [5.41, 5.74) is 2.20. The summed E-state index contributed by atoms with van der Waals surface area (Å²) in [5, 5.41) is 9.01. The highest BCUT2D eigenvalue weighted by Gasteiger charge is 2.19. The quantitative estimate of drug-likeness (QED) is 0.887. The minimum absolute atomic E-state index is 0.0953. The third-order valence-electron chi connectivity index (χ3n) is 3.64. The van der Waals surface area contributed by atoms with Gasteiger partial charge in [0, 0.05) is 39.1 Å². The van der Waals surface area contributed by atoms with Gasteiger partial charge in [0.2, 0.25) is 5.91 Å². The molecule has 0 aromatic heterocycles. The van der Waals surface area contributed by atoms with Crippen molar-refractivity contribution in [2.24, 2.45) is 0 Å². The number of aliphatic hydroxyl groups excluding tert-OH is 1. The van der Waals surface area contributed by atoms with Crippen LogP contribution >= 0.6 is 0 Å². The van der Waals surface area contributed by atoms with Crippen molar-refractivity contribution >= 4 is 5.91 Å². The largest absolute Gasteiger partial charge is 0.392 e. The monoisotopic (exact) mass is 262 g/mol. The second kappa shape index (κ2) is 6.68. The molecule has 1 saturated heterocycles. The summed E-state index contributed by atoms with van der Waals surface area (Å²) in [7, 11) is 0. The zero-order valence-electron chi connectivity index (χ0n) is 11.5. The third kappa shape index (κ3) is 3.78. The van der Waals surface area contributed by atoms with Crippen molar-refractivity contribution in [3.05, 3.63) is 35.4 Å². The average molecular weight is 262 g/mol. The lowest BCUT2D eigenvalue weighted by atomic mass is 10.1. The standard InChI is InChI=1S/C15H22N2O2/c1-2-15(19)17-9-7-16(8-10-17)11-13-3-5-14(12-18)6-4-13/h3-6,18H,2,7-12H2,1H3. The number of aliphatic hydroxyl groups is 1. The molecule has 1 N–H and O–H groups in total. The number of amides is 1. The molecule has 1 fully saturated rings. The van der Waals surface area contributed by atoms with Gasteiger partial charge in [0.1, 0.15) is 0 Å². The molecule has 1 aliphatic heterocycles. The maximum atomic E-state index is 11.6. The molecule has 0 aliphatic carbocycles. The van der Waals surface area contributed by atoms with E-state index in [2.05, 4.69) is 17.0 Å². The number of rotatable bonds is 4. The van der Waals surface area contributed by atoms with Crippen LogP contribution in [-0.2, 0) is 17.9 Å². The molecule has 1 aromatic rings. The Hall–Kier alpha value is -1.39. The molecule has 104 valence electrons. The predicted molar refractivity (Wildman–Crippen MR) is 74.5 cm³/mol. The Kier molecular flexibility index (Phi) is 4.93. The summed E-state index contributed by atoms with van der Waals surface area (Å²) < 4.78 is 0. The second-order valence-corrected chi connectivity index (χ2v) is 4.99. The van der Waals surface area contributed by atoms with Gasteiger partial charge in [-0.05, 0) is 11.1 Å². The Morgan fingerprint density at radius 2 is 1.68 bits per heavy atom. The first-order chi connectivity index (χ1) is 9.22. The van der Waals surface area contributed by atoms with Crippen LogP contribution in [-0.4, -0.2) is 47.0 Å². The molecule has 0 spiro atoms. The average Bonchev–Trinajstić information content (AvgIpc) is 2.48. The Morgan fingerprint density at radius 1 is 1.11 bits per heavy atom. The van der Waals surface area contributed by atoms with E-state index in [4.69, 9.17) is 5.11 Å². The van der Waals surface area contributed by atoms with Gasteiger partial charge in [-0.3, -0.25) is 9.69 Å². The van der Waals surface area contributed by atoms with Gasteiger partial charge in [0.05, 0.1) is 6.61 Å². The van der Waals surface area contributed by atoms with Crippen LogP contribution in [0.15, 0.2) is 24.3 Å². The second-order valence-electron chi connectivity index (χ2n) is 4.99. The number of nitrogens with zero attached hydrogens (tertiary/aromatic N) is 2. The van der Waals surface area contributed by atoms with Gasteiger partial charge in [-0.1, -0.05) is 31.2 Å². The van der Waals surface area contributed by atoms with Crippen molar-refractivity contribution in [1.29, 1.82) is 0 Å². The lowest BCUT2D eigenvalue weighted by Gasteiger charge is -2.34. The molecule has 1 aromatic carbocycles. The van der Waals surface area contributed by atoms with Gasteiger partial charge in [-0.25, -0.2) is 0 Å².